The van der Waals surface area contributed by atoms with E-state index in [1.807, 2.05) is 19.9 Å². The van der Waals surface area contributed by atoms with E-state index < -0.39 is 6.10 Å². The minimum Gasteiger partial charge on any atom is -0.499 e. The molecule has 0 aliphatic heterocycles. The monoisotopic (exact) mass is 186 g/mol. The predicted octanol–water partition coefficient (Wildman–Crippen LogP) is 1.49. The van der Waals surface area contributed by atoms with Gasteiger partial charge in [0.05, 0.1) is 19.5 Å². The van der Waals surface area contributed by atoms with Crippen LogP contribution < -0.4 is 0 Å². The highest BCUT2D eigenvalue weighted by Crippen LogP contribution is 1.91. The number of aliphatic hydroxyl groups excluding tert-OH is 1. The van der Waals surface area contributed by atoms with Crippen LogP contribution in [-0.4, -0.2) is 31.0 Å². The molecule has 13 heavy (non-hydrogen) atoms. The average molecular weight is 186 g/mol. The molecule has 0 heterocycles. The van der Waals surface area contributed by atoms with E-state index in [0.717, 1.165) is 0 Å². The zero-order valence-corrected chi connectivity index (χ0v) is 8.32. The molecule has 0 radical (unpaired) electrons. The average Bonchev–Trinajstić information content (AvgIpc) is 2.08. The van der Waals surface area contributed by atoms with Gasteiger partial charge in [0.2, 0.25) is 0 Å². The number of hydrogen-bond donors (Lipinski definition) is 1. The van der Waals surface area contributed by atoms with Crippen LogP contribution in [0.4, 0.5) is 0 Å². The summed E-state index contributed by atoms with van der Waals surface area (Å²) in [7, 11) is 0. The Morgan fingerprint density at radius 1 is 1.46 bits per heavy atom. The predicted molar refractivity (Wildman–Crippen MR) is 52.4 cm³/mol. The summed E-state index contributed by atoms with van der Waals surface area (Å²) < 4.78 is 9.95. The van der Waals surface area contributed by atoms with Crippen molar-refractivity contribution in [1.82, 2.24) is 0 Å². The standard InChI is InChI=1S/C10H18O3/c1-4-12-7-10(11)8-13-6-5-9(2)3/h4-5,10-11H,1,6-8H2,2-3H3. The summed E-state index contributed by atoms with van der Waals surface area (Å²) in [6.07, 6.45) is 2.68. The Bertz CT molecular complexity index is 160. The first-order valence-corrected chi connectivity index (χ1v) is 4.28. The molecule has 0 saturated carbocycles. The molecular weight excluding hydrogens is 168 g/mol. The van der Waals surface area contributed by atoms with E-state index in [4.69, 9.17) is 9.47 Å². The van der Waals surface area contributed by atoms with E-state index in [-0.39, 0.29) is 13.2 Å². The molecule has 1 N–H and O–H groups in total. The molecular formula is C10H18O3. The maximum atomic E-state index is 9.23. The molecule has 0 bridgehead atoms. The second-order valence-electron chi connectivity index (χ2n) is 2.97. The number of hydrogen-bond acceptors (Lipinski definition) is 3. The van der Waals surface area contributed by atoms with Crippen molar-refractivity contribution in [3.05, 3.63) is 24.5 Å². The van der Waals surface area contributed by atoms with E-state index in [1.54, 1.807) is 0 Å². The molecule has 0 spiro atoms. The zero-order valence-electron chi connectivity index (χ0n) is 8.32. The molecule has 0 fully saturated rings. The van der Waals surface area contributed by atoms with Crippen LogP contribution in [0.3, 0.4) is 0 Å². The van der Waals surface area contributed by atoms with Gasteiger partial charge in [-0.1, -0.05) is 18.2 Å². The maximum Gasteiger partial charge on any atom is 0.115 e. The minimum absolute atomic E-state index is 0.234. The lowest BCUT2D eigenvalue weighted by molar-refractivity contribution is 0.0106. The molecule has 0 aromatic heterocycles. The molecule has 0 aliphatic rings. The lowest BCUT2D eigenvalue weighted by Crippen LogP contribution is -2.20. The van der Waals surface area contributed by atoms with E-state index in [0.29, 0.717) is 6.61 Å². The Morgan fingerprint density at radius 3 is 2.69 bits per heavy atom. The van der Waals surface area contributed by atoms with Crippen LogP contribution in [-0.2, 0) is 9.47 Å². The number of rotatable bonds is 7. The van der Waals surface area contributed by atoms with Crippen molar-refractivity contribution >= 4 is 0 Å². The van der Waals surface area contributed by atoms with Crippen molar-refractivity contribution < 1.29 is 14.6 Å². The summed E-state index contributed by atoms with van der Waals surface area (Å²) in [4.78, 5) is 0. The molecule has 1 atom stereocenters. The normalized spacial score (nSPS) is 11.9. The van der Waals surface area contributed by atoms with Gasteiger partial charge < -0.3 is 14.6 Å². The van der Waals surface area contributed by atoms with Gasteiger partial charge in [0.1, 0.15) is 12.7 Å². The van der Waals surface area contributed by atoms with E-state index in [9.17, 15) is 5.11 Å². The third kappa shape index (κ3) is 9.11. The SMILES string of the molecule is C=COCC(O)COCC=C(C)C. The van der Waals surface area contributed by atoms with E-state index >= 15 is 0 Å². The van der Waals surface area contributed by atoms with Crippen molar-refractivity contribution in [1.29, 1.82) is 0 Å². The summed E-state index contributed by atoms with van der Waals surface area (Å²) in [6, 6.07) is 0. The van der Waals surface area contributed by atoms with Crippen LogP contribution in [0.25, 0.3) is 0 Å². The van der Waals surface area contributed by atoms with Crippen LogP contribution in [0, 0.1) is 0 Å². The van der Waals surface area contributed by atoms with E-state index in [2.05, 4.69) is 6.58 Å². The Labute approximate surface area is 79.7 Å². The topological polar surface area (TPSA) is 38.7 Å². The van der Waals surface area contributed by atoms with Gasteiger partial charge in [0.15, 0.2) is 0 Å². The van der Waals surface area contributed by atoms with Gasteiger partial charge in [-0.05, 0) is 13.8 Å². The number of ether oxygens (including phenoxy) is 2. The van der Waals surface area contributed by atoms with E-state index in [1.165, 1.54) is 11.8 Å². The third-order valence-electron chi connectivity index (χ3n) is 1.33. The van der Waals surface area contributed by atoms with Gasteiger partial charge in [-0.15, -0.1) is 0 Å². The van der Waals surface area contributed by atoms with Crippen LogP contribution >= 0.6 is 0 Å². The molecule has 1 unspecified atom stereocenters. The fourth-order valence-corrected chi connectivity index (χ4v) is 0.657. The lowest BCUT2D eigenvalue weighted by atomic mass is 10.3. The summed E-state index contributed by atoms with van der Waals surface area (Å²) in [6.45, 7) is 8.43. The first-order chi connectivity index (χ1) is 6.16. The molecule has 0 aliphatic carbocycles. The first kappa shape index (κ1) is 12.2. The first-order valence-electron chi connectivity index (χ1n) is 4.28. The van der Waals surface area contributed by atoms with Crippen molar-refractivity contribution in [2.75, 3.05) is 19.8 Å². The Kier molecular flexibility index (Phi) is 7.35. The molecule has 0 rings (SSSR count). The largest absolute Gasteiger partial charge is 0.499 e. The second-order valence-corrected chi connectivity index (χ2v) is 2.97. The van der Waals surface area contributed by atoms with Gasteiger partial charge in [-0.25, -0.2) is 0 Å². The Hall–Kier alpha value is -0.800. The lowest BCUT2D eigenvalue weighted by Gasteiger charge is -2.09. The summed E-state index contributed by atoms with van der Waals surface area (Å²) in [5.41, 5.74) is 1.21. The molecule has 0 amide bonds. The Balaban J connectivity index is 3.31. The van der Waals surface area contributed by atoms with Crippen molar-refractivity contribution in [3.8, 4) is 0 Å². The Morgan fingerprint density at radius 2 is 2.15 bits per heavy atom. The fraction of sp³-hybridized carbons (Fsp3) is 0.600. The fourth-order valence-electron chi connectivity index (χ4n) is 0.657. The van der Waals surface area contributed by atoms with Crippen molar-refractivity contribution in [2.45, 2.75) is 20.0 Å². The van der Waals surface area contributed by atoms with Gasteiger partial charge in [-0.3, -0.25) is 0 Å². The van der Waals surface area contributed by atoms with Crippen LogP contribution in [0.15, 0.2) is 24.5 Å². The number of aliphatic hydroxyl groups is 1. The molecule has 76 valence electrons. The highest BCUT2D eigenvalue weighted by Gasteiger charge is 2.02. The van der Waals surface area contributed by atoms with Crippen LogP contribution in [0.5, 0.6) is 0 Å². The molecule has 0 aromatic carbocycles. The molecule has 0 saturated heterocycles. The zero-order chi connectivity index (χ0) is 10.1. The molecule has 3 nitrogen and oxygen atoms in total. The van der Waals surface area contributed by atoms with Gasteiger partial charge in [0.25, 0.3) is 0 Å². The maximum absolute atomic E-state index is 9.23. The number of allylic oxidation sites excluding steroid dienone is 1. The molecule has 0 aromatic rings. The highest BCUT2D eigenvalue weighted by atomic mass is 16.5. The summed E-state index contributed by atoms with van der Waals surface area (Å²) in [5.74, 6) is 0. The summed E-state index contributed by atoms with van der Waals surface area (Å²) >= 11 is 0. The highest BCUT2D eigenvalue weighted by molar-refractivity contribution is 4.92. The van der Waals surface area contributed by atoms with Crippen molar-refractivity contribution in [2.24, 2.45) is 0 Å². The smallest absolute Gasteiger partial charge is 0.115 e. The minimum atomic E-state index is -0.580. The van der Waals surface area contributed by atoms with Crippen molar-refractivity contribution in [3.63, 3.8) is 0 Å². The third-order valence-corrected chi connectivity index (χ3v) is 1.33. The van der Waals surface area contributed by atoms with Crippen LogP contribution in [0.2, 0.25) is 0 Å². The van der Waals surface area contributed by atoms with Gasteiger partial charge >= 0.3 is 0 Å². The quantitative estimate of drug-likeness (QED) is 0.372. The molecule has 3 heteroatoms. The second kappa shape index (κ2) is 7.83. The van der Waals surface area contributed by atoms with Gasteiger partial charge in [0, 0.05) is 0 Å². The van der Waals surface area contributed by atoms with Crippen LogP contribution in [0.1, 0.15) is 13.8 Å². The summed E-state index contributed by atoms with van der Waals surface area (Å²) in [5, 5.41) is 9.23. The van der Waals surface area contributed by atoms with Gasteiger partial charge in [-0.2, -0.15) is 0 Å².